The molecular weight excluding hydrogens is 461 g/mol. The zero-order valence-corrected chi connectivity index (χ0v) is 18.6. The molecule has 4 nitrogen and oxygen atoms in total. The van der Waals surface area contributed by atoms with Crippen LogP contribution in [0.2, 0.25) is 0 Å². The number of benzene rings is 2. The number of carbonyl (C=O) groups is 1. The Hall–Kier alpha value is -2.65. The Morgan fingerprint density at radius 1 is 1.09 bits per heavy atom. The molecule has 168 valence electrons. The third-order valence-electron chi connectivity index (χ3n) is 5.40. The van der Waals surface area contributed by atoms with Crippen molar-refractivity contribution in [3.63, 3.8) is 0 Å². The first-order valence-corrected chi connectivity index (χ1v) is 12.3. The largest absolute Gasteiger partial charge is 0.478 e. The number of hydrogen-bond acceptors (Lipinski definition) is 4. The van der Waals surface area contributed by atoms with Gasteiger partial charge in [-0.15, -0.1) is 11.3 Å². The number of hydrogen-bond donors (Lipinski definition) is 1. The summed E-state index contributed by atoms with van der Waals surface area (Å²) in [6.45, 7) is 1.86. The van der Waals surface area contributed by atoms with Crippen LogP contribution in [0.1, 0.15) is 50.7 Å². The minimum atomic E-state index is -4.62. The Bertz CT molecular complexity index is 1300. The van der Waals surface area contributed by atoms with Gasteiger partial charge in [-0.05, 0) is 78.8 Å². The van der Waals surface area contributed by atoms with E-state index >= 15 is 0 Å². The summed E-state index contributed by atoms with van der Waals surface area (Å²) in [7, 11) is -4.12. The molecule has 9 heteroatoms. The monoisotopic (exact) mass is 480 g/mol. The smallest absolute Gasteiger partial charge is 0.416 e. The fourth-order valence-electron chi connectivity index (χ4n) is 3.66. The molecule has 0 aliphatic heterocycles. The highest BCUT2D eigenvalue weighted by Crippen LogP contribution is 2.44. The van der Waals surface area contributed by atoms with Crippen LogP contribution in [0.5, 0.6) is 0 Å². The van der Waals surface area contributed by atoms with Crippen LogP contribution in [0.15, 0.2) is 53.4 Å². The molecule has 1 saturated carbocycles. The van der Waals surface area contributed by atoms with E-state index in [1.54, 1.807) is 6.07 Å². The van der Waals surface area contributed by atoms with Gasteiger partial charge in [-0.25, -0.2) is 13.2 Å². The first kappa shape index (κ1) is 22.5. The average Bonchev–Trinajstić information content (AvgIpc) is 3.47. The Balaban J connectivity index is 1.84. The summed E-state index contributed by atoms with van der Waals surface area (Å²) in [6, 6.07) is 10.7. The first-order valence-electron chi connectivity index (χ1n) is 9.82. The van der Waals surface area contributed by atoms with E-state index in [-0.39, 0.29) is 21.9 Å². The van der Waals surface area contributed by atoms with E-state index in [2.05, 4.69) is 0 Å². The van der Waals surface area contributed by atoms with Gasteiger partial charge in [-0.1, -0.05) is 12.1 Å². The van der Waals surface area contributed by atoms with Gasteiger partial charge in [-0.3, -0.25) is 0 Å². The fourth-order valence-corrected chi connectivity index (χ4v) is 6.29. The average molecular weight is 481 g/mol. The maximum absolute atomic E-state index is 13.4. The molecule has 4 rings (SSSR count). The molecular formula is C23H19F3O4S2. The van der Waals surface area contributed by atoms with Gasteiger partial charge in [0, 0.05) is 9.75 Å². The molecule has 1 aromatic heterocycles. The molecule has 1 fully saturated rings. The van der Waals surface area contributed by atoms with Crippen molar-refractivity contribution in [2.24, 2.45) is 0 Å². The van der Waals surface area contributed by atoms with Crippen LogP contribution in [-0.2, 0) is 21.8 Å². The van der Waals surface area contributed by atoms with Crippen molar-refractivity contribution in [1.82, 2.24) is 0 Å². The molecule has 0 bridgehead atoms. The van der Waals surface area contributed by atoms with Crippen molar-refractivity contribution in [1.29, 1.82) is 0 Å². The van der Waals surface area contributed by atoms with Crippen LogP contribution in [0.25, 0.3) is 10.4 Å². The van der Waals surface area contributed by atoms with Crippen molar-refractivity contribution in [3.8, 4) is 10.4 Å². The third kappa shape index (κ3) is 4.59. The van der Waals surface area contributed by atoms with E-state index in [1.165, 1.54) is 29.5 Å². The topological polar surface area (TPSA) is 71.4 Å². The number of carboxylic acid groups (broad SMARTS) is 1. The van der Waals surface area contributed by atoms with Crippen molar-refractivity contribution in [2.75, 3.05) is 0 Å². The SMILES string of the molecule is Cc1ccc(-c2ccc(C(F)(F)F)cc2CS(=O)(=O)c2cc(C(=O)O)ccc2C2CC2)s1. The molecule has 0 amide bonds. The summed E-state index contributed by atoms with van der Waals surface area (Å²) in [5.41, 5.74) is -0.130. The van der Waals surface area contributed by atoms with Crippen molar-refractivity contribution in [2.45, 2.75) is 42.5 Å². The maximum Gasteiger partial charge on any atom is 0.416 e. The molecule has 0 radical (unpaired) electrons. The number of thiophene rings is 1. The lowest BCUT2D eigenvalue weighted by Gasteiger charge is -2.15. The van der Waals surface area contributed by atoms with Crippen LogP contribution in [0.3, 0.4) is 0 Å². The summed E-state index contributed by atoms with van der Waals surface area (Å²) < 4.78 is 66.9. The summed E-state index contributed by atoms with van der Waals surface area (Å²) in [5, 5.41) is 9.31. The second-order valence-electron chi connectivity index (χ2n) is 7.87. The molecule has 2 aromatic carbocycles. The van der Waals surface area contributed by atoms with E-state index in [4.69, 9.17) is 0 Å². The Kier molecular flexibility index (Phi) is 5.67. The molecule has 0 spiro atoms. The fraction of sp³-hybridized carbons (Fsp3) is 0.261. The van der Waals surface area contributed by atoms with Gasteiger partial charge in [0.05, 0.1) is 21.8 Å². The van der Waals surface area contributed by atoms with Crippen LogP contribution >= 0.6 is 11.3 Å². The van der Waals surface area contributed by atoms with Gasteiger partial charge in [0.15, 0.2) is 9.84 Å². The number of rotatable bonds is 6. The first-order chi connectivity index (χ1) is 15.0. The van der Waals surface area contributed by atoms with Gasteiger partial charge in [0.1, 0.15) is 0 Å². The van der Waals surface area contributed by atoms with E-state index in [1.807, 2.05) is 13.0 Å². The maximum atomic E-state index is 13.4. The molecule has 0 unspecified atom stereocenters. The van der Waals surface area contributed by atoms with E-state index in [0.29, 0.717) is 16.0 Å². The number of aryl methyl sites for hydroxylation is 1. The minimum absolute atomic E-state index is 0.0172. The molecule has 0 saturated heterocycles. The summed E-state index contributed by atoms with van der Waals surface area (Å²) in [4.78, 5) is 12.9. The summed E-state index contributed by atoms with van der Waals surface area (Å²) in [6.07, 6.45) is -3.04. The van der Waals surface area contributed by atoms with E-state index < -0.39 is 33.3 Å². The van der Waals surface area contributed by atoms with Crippen molar-refractivity contribution < 1.29 is 31.5 Å². The standard InChI is InChI=1S/C23H19F3O4S2/c1-13-2-9-20(31-13)18-8-6-17(23(24,25)26)10-16(18)12-32(29,30)21-11-15(22(27)28)5-7-19(21)14-3-4-14/h2,5-11,14H,3-4,12H2,1H3,(H,27,28). The number of aromatic carboxylic acids is 1. The Labute approximate surface area is 187 Å². The molecule has 3 aromatic rings. The van der Waals surface area contributed by atoms with Gasteiger partial charge in [0.25, 0.3) is 0 Å². The van der Waals surface area contributed by atoms with Gasteiger partial charge < -0.3 is 5.11 Å². The number of alkyl halides is 3. The minimum Gasteiger partial charge on any atom is -0.478 e. The predicted molar refractivity (Wildman–Crippen MR) is 116 cm³/mol. The van der Waals surface area contributed by atoms with Crippen LogP contribution < -0.4 is 0 Å². The lowest BCUT2D eigenvalue weighted by Crippen LogP contribution is -2.12. The highest BCUT2D eigenvalue weighted by atomic mass is 32.2. The summed E-state index contributed by atoms with van der Waals surface area (Å²) >= 11 is 1.36. The summed E-state index contributed by atoms with van der Waals surface area (Å²) in [5.74, 6) is -1.91. The third-order valence-corrected chi connectivity index (χ3v) is 8.15. The Morgan fingerprint density at radius 3 is 2.38 bits per heavy atom. The lowest BCUT2D eigenvalue weighted by atomic mass is 10.0. The van der Waals surface area contributed by atoms with Gasteiger partial charge in [0.2, 0.25) is 0 Å². The van der Waals surface area contributed by atoms with Crippen molar-refractivity contribution in [3.05, 3.63) is 75.7 Å². The molecule has 0 atom stereocenters. The van der Waals surface area contributed by atoms with E-state index in [9.17, 15) is 31.5 Å². The van der Waals surface area contributed by atoms with Crippen LogP contribution in [0, 0.1) is 6.92 Å². The highest BCUT2D eigenvalue weighted by Gasteiger charge is 2.34. The number of halogens is 3. The molecule has 1 aliphatic rings. The van der Waals surface area contributed by atoms with Gasteiger partial charge >= 0.3 is 12.1 Å². The van der Waals surface area contributed by atoms with Crippen molar-refractivity contribution >= 4 is 27.1 Å². The second kappa shape index (κ2) is 8.04. The predicted octanol–water partition coefficient (Wildman–Crippen LogP) is 6.29. The second-order valence-corrected chi connectivity index (χ2v) is 11.1. The normalized spacial score (nSPS) is 14.5. The van der Waals surface area contributed by atoms with E-state index in [0.717, 1.165) is 35.9 Å². The molecule has 1 heterocycles. The zero-order valence-electron chi connectivity index (χ0n) is 16.9. The highest BCUT2D eigenvalue weighted by molar-refractivity contribution is 7.90. The molecule has 32 heavy (non-hydrogen) atoms. The molecule has 1 aliphatic carbocycles. The molecule has 1 N–H and O–H groups in total. The Morgan fingerprint density at radius 2 is 1.81 bits per heavy atom. The number of sulfone groups is 1. The number of carboxylic acids is 1. The van der Waals surface area contributed by atoms with Crippen LogP contribution in [-0.4, -0.2) is 19.5 Å². The lowest BCUT2D eigenvalue weighted by molar-refractivity contribution is -0.137. The zero-order chi connectivity index (χ0) is 23.3. The van der Waals surface area contributed by atoms with Crippen LogP contribution in [0.4, 0.5) is 13.2 Å². The quantitative estimate of drug-likeness (QED) is 0.450. The van der Waals surface area contributed by atoms with Gasteiger partial charge in [-0.2, -0.15) is 13.2 Å².